The second-order valence-electron chi connectivity index (χ2n) is 4.80. The monoisotopic (exact) mass is 262 g/mol. The molecule has 0 bridgehead atoms. The quantitative estimate of drug-likeness (QED) is 0.749. The average Bonchev–Trinajstić information content (AvgIpc) is 2.90. The molecule has 2 unspecified atom stereocenters. The van der Waals surface area contributed by atoms with Crippen LogP contribution in [0.4, 0.5) is 4.39 Å². The first kappa shape index (κ1) is 13.8. The van der Waals surface area contributed by atoms with E-state index in [4.69, 9.17) is 0 Å². The number of hydrogen-bond acceptors (Lipinski definition) is 2. The van der Waals surface area contributed by atoms with Crippen LogP contribution in [-0.2, 0) is 6.54 Å². The van der Waals surface area contributed by atoms with Crippen LogP contribution in [0.25, 0.3) is 0 Å². The van der Waals surface area contributed by atoms with Gasteiger partial charge >= 0.3 is 0 Å². The number of H-pyrrole nitrogens is 1. The second-order valence-corrected chi connectivity index (χ2v) is 4.80. The first-order valence-corrected chi connectivity index (χ1v) is 6.43. The van der Waals surface area contributed by atoms with Gasteiger partial charge in [0.1, 0.15) is 5.82 Å². The predicted molar refractivity (Wildman–Crippen MR) is 73.1 cm³/mol. The minimum Gasteiger partial charge on any atom is -0.388 e. The third kappa shape index (κ3) is 4.19. The number of hydrogen-bond donors (Lipinski definition) is 3. The molecule has 0 saturated carbocycles. The lowest BCUT2D eigenvalue weighted by Gasteiger charge is -2.18. The molecule has 102 valence electrons. The smallest absolute Gasteiger partial charge is 0.123 e. The summed E-state index contributed by atoms with van der Waals surface area (Å²) in [7, 11) is 0. The van der Waals surface area contributed by atoms with E-state index in [0.717, 1.165) is 12.1 Å². The van der Waals surface area contributed by atoms with Crippen molar-refractivity contribution in [2.45, 2.75) is 32.0 Å². The van der Waals surface area contributed by atoms with Crippen molar-refractivity contribution >= 4 is 0 Å². The summed E-state index contributed by atoms with van der Waals surface area (Å²) in [6.45, 7) is 2.79. The maximum atomic E-state index is 12.8. The van der Waals surface area contributed by atoms with Crippen LogP contribution in [0.1, 0.15) is 30.6 Å². The molecule has 0 fully saturated rings. The Balaban J connectivity index is 1.81. The Hall–Kier alpha value is -1.65. The van der Waals surface area contributed by atoms with E-state index in [0.29, 0.717) is 6.42 Å². The van der Waals surface area contributed by atoms with Gasteiger partial charge in [0.15, 0.2) is 0 Å². The lowest BCUT2D eigenvalue weighted by Crippen LogP contribution is -2.27. The lowest BCUT2D eigenvalue weighted by molar-refractivity contribution is 0.153. The number of nitrogens with one attached hydrogen (secondary N) is 2. The zero-order valence-corrected chi connectivity index (χ0v) is 10.9. The van der Waals surface area contributed by atoms with Crippen LogP contribution < -0.4 is 5.32 Å². The van der Waals surface area contributed by atoms with Gasteiger partial charge < -0.3 is 15.4 Å². The standard InChI is InChI=1S/C15H19FN2O/c1-11(18-10-12-6-7-17-9-12)8-15(19)13-2-4-14(16)5-3-13/h2-7,9,11,15,17-19H,8,10H2,1H3. The van der Waals surface area contributed by atoms with E-state index in [-0.39, 0.29) is 11.9 Å². The molecule has 3 nitrogen and oxygen atoms in total. The van der Waals surface area contributed by atoms with Crippen molar-refractivity contribution in [3.8, 4) is 0 Å². The normalized spacial score (nSPS) is 14.3. The van der Waals surface area contributed by atoms with Gasteiger partial charge in [-0.3, -0.25) is 0 Å². The minimum absolute atomic E-state index is 0.176. The summed E-state index contributed by atoms with van der Waals surface area (Å²) in [6.07, 6.45) is 3.84. The summed E-state index contributed by atoms with van der Waals surface area (Å²) in [6, 6.07) is 8.18. The zero-order chi connectivity index (χ0) is 13.7. The second kappa shape index (κ2) is 6.50. The molecule has 2 rings (SSSR count). The molecule has 2 aromatic rings. The minimum atomic E-state index is -0.575. The van der Waals surface area contributed by atoms with Crippen LogP contribution in [0.5, 0.6) is 0 Å². The largest absolute Gasteiger partial charge is 0.388 e. The van der Waals surface area contributed by atoms with Gasteiger partial charge in [0.05, 0.1) is 6.10 Å². The third-order valence-electron chi connectivity index (χ3n) is 3.15. The first-order valence-electron chi connectivity index (χ1n) is 6.43. The molecular weight excluding hydrogens is 243 g/mol. The molecule has 0 aliphatic carbocycles. The van der Waals surface area contributed by atoms with E-state index in [2.05, 4.69) is 10.3 Å². The summed E-state index contributed by atoms with van der Waals surface area (Å²) in [5.41, 5.74) is 1.93. The maximum Gasteiger partial charge on any atom is 0.123 e. The summed E-state index contributed by atoms with van der Waals surface area (Å²) in [4.78, 5) is 3.00. The van der Waals surface area contributed by atoms with Gasteiger partial charge in [-0.25, -0.2) is 4.39 Å². The van der Waals surface area contributed by atoms with E-state index in [1.807, 2.05) is 25.4 Å². The van der Waals surface area contributed by atoms with Crippen LogP contribution in [0.2, 0.25) is 0 Å². The number of aromatic nitrogens is 1. The van der Waals surface area contributed by atoms with Crippen molar-refractivity contribution < 1.29 is 9.50 Å². The van der Waals surface area contributed by atoms with E-state index in [9.17, 15) is 9.50 Å². The third-order valence-corrected chi connectivity index (χ3v) is 3.15. The molecule has 3 N–H and O–H groups in total. The van der Waals surface area contributed by atoms with Crippen LogP contribution in [0, 0.1) is 5.82 Å². The van der Waals surface area contributed by atoms with Gasteiger partial charge in [0.2, 0.25) is 0 Å². The number of halogens is 1. The van der Waals surface area contributed by atoms with Gasteiger partial charge in [0.25, 0.3) is 0 Å². The summed E-state index contributed by atoms with van der Waals surface area (Å²) in [5.74, 6) is -0.283. The Kier molecular flexibility index (Phi) is 4.71. The first-order chi connectivity index (χ1) is 9.15. The SMILES string of the molecule is CC(CC(O)c1ccc(F)cc1)NCc1cc[nH]c1. The van der Waals surface area contributed by atoms with Crippen molar-refractivity contribution in [2.75, 3.05) is 0 Å². The van der Waals surface area contributed by atoms with Crippen molar-refractivity contribution in [3.63, 3.8) is 0 Å². The van der Waals surface area contributed by atoms with Gasteiger partial charge in [-0.05, 0) is 42.7 Å². The highest BCUT2D eigenvalue weighted by molar-refractivity contribution is 5.18. The molecule has 0 amide bonds. The Bertz CT molecular complexity index is 481. The fourth-order valence-corrected chi connectivity index (χ4v) is 2.00. The number of rotatable bonds is 6. The van der Waals surface area contributed by atoms with E-state index in [1.54, 1.807) is 12.1 Å². The van der Waals surface area contributed by atoms with Gasteiger partial charge in [-0.1, -0.05) is 12.1 Å². The molecule has 0 aliphatic heterocycles. The topological polar surface area (TPSA) is 48.0 Å². The Morgan fingerprint density at radius 3 is 2.63 bits per heavy atom. The molecule has 0 spiro atoms. The Morgan fingerprint density at radius 2 is 2.00 bits per heavy atom. The van der Waals surface area contributed by atoms with E-state index >= 15 is 0 Å². The van der Waals surface area contributed by atoms with Crippen molar-refractivity contribution in [3.05, 3.63) is 59.7 Å². The maximum absolute atomic E-state index is 12.8. The highest BCUT2D eigenvalue weighted by Gasteiger charge is 2.12. The zero-order valence-electron chi connectivity index (χ0n) is 10.9. The van der Waals surface area contributed by atoms with Crippen LogP contribution in [0.15, 0.2) is 42.7 Å². The van der Waals surface area contributed by atoms with Crippen molar-refractivity contribution in [1.29, 1.82) is 0 Å². The van der Waals surface area contributed by atoms with Gasteiger partial charge in [-0.2, -0.15) is 0 Å². The molecule has 1 aromatic carbocycles. The highest BCUT2D eigenvalue weighted by Crippen LogP contribution is 2.18. The molecule has 19 heavy (non-hydrogen) atoms. The molecule has 0 saturated heterocycles. The number of benzene rings is 1. The van der Waals surface area contributed by atoms with Crippen LogP contribution in [-0.4, -0.2) is 16.1 Å². The molecule has 0 radical (unpaired) electrons. The Morgan fingerprint density at radius 1 is 1.26 bits per heavy atom. The molecule has 4 heteroatoms. The van der Waals surface area contributed by atoms with Gasteiger partial charge in [-0.15, -0.1) is 0 Å². The number of aliphatic hydroxyl groups is 1. The van der Waals surface area contributed by atoms with Crippen LogP contribution >= 0.6 is 0 Å². The molecule has 0 aliphatic rings. The molecule has 1 heterocycles. The molecular formula is C15H19FN2O. The number of aromatic amines is 1. The molecule has 2 atom stereocenters. The predicted octanol–water partition coefficient (Wildman–Crippen LogP) is 2.76. The van der Waals surface area contributed by atoms with E-state index in [1.165, 1.54) is 17.7 Å². The van der Waals surface area contributed by atoms with Crippen molar-refractivity contribution in [1.82, 2.24) is 10.3 Å². The number of aliphatic hydroxyl groups excluding tert-OH is 1. The van der Waals surface area contributed by atoms with Crippen molar-refractivity contribution in [2.24, 2.45) is 0 Å². The van der Waals surface area contributed by atoms with Crippen LogP contribution in [0.3, 0.4) is 0 Å². The Labute approximate surface area is 112 Å². The highest BCUT2D eigenvalue weighted by atomic mass is 19.1. The lowest BCUT2D eigenvalue weighted by atomic mass is 10.0. The van der Waals surface area contributed by atoms with E-state index < -0.39 is 6.10 Å². The summed E-state index contributed by atoms with van der Waals surface area (Å²) < 4.78 is 12.8. The fourth-order valence-electron chi connectivity index (χ4n) is 2.00. The summed E-state index contributed by atoms with van der Waals surface area (Å²) >= 11 is 0. The summed E-state index contributed by atoms with van der Waals surface area (Å²) in [5, 5.41) is 13.4. The molecule has 1 aromatic heterocycles. The fraction of sp³-hybridized carbons (Fsp3) is 0.333. The average molecular weight is 262 g/mol. The van der Waals surface area contributed by atoms with Gasteiger partial charge in [0, 0.05) is 25.0 Å².